The summed E-state index contributed by atoms with van der Waals surface area (Å²) in [5.74, 6) is 0.401. The molecule has 0 saturated carbocycles. The maximum Gasteiger partial charge on any atom is 0.242 e. The van der Waals surface area contributed by atoms with E-state index in [0.717, 1.165) is 0 Å². The first-order chi connectivity index (χ1) is 7.00. The molecule has 0 bridgehead atoms. The van der Waals surface area contributed by atoms with Gasteiger partial charge in [-0.25, -0.2) is 4.98 Å². The minimum absolute atomic E-state index is 0.108. The van der Waals surface area contributed by atoms with Crippen LogP contribution >= 0.6 is 15.9 Å². The third-order valence-corrected chi connectivity index (χ3v) is 2.43. The number of nitrogens with zero attached hydrogens (tertiary/aromatic N) is 1. The van der Waals surface area contributed by atoms with Crippen LogP contribution in [-0.4, -0.2) is 16.9 Å². The summed E-state index contributed by atoms with van der Waals surface area (Å²) < 4.78 is 0.679. The van der Waals surface area contributed by atoms with Crippen molar-refractivity contribution in [1.82, 2.24) is 4.98 Å². The fourth-order valence-corrected chi connectivity index (χ4v) is 1.33. The number of hydrogen-bond donors (Lipinski definition) is 2. The molecule has 0 radical (unpaired) electrons. The molecule has 0 spiro atoms. The highest BCUT2D eigenvalue weighted by Crippen LogP contribution is 2.10. The van der Waals surface area contributed by atoms with Crippen molar-refractivity contribution in [3.05, 3.63) is 22.8 Å². The number of pyridine rings is 1. The highest BCUT2D eigenvalue weighted by atomic mass is 79.9. The van der Waals surface area contributed by atoms with Crippen LogP contribution in [0.2, 0.25) is 0 Å². The maximum atomic E-state index is 11.6. The Balaban J connectivity index is 2.66. The molecular weight excluding hydrogens is 258 g/mol. The number of anilines is 1. The molecule has 1 rings (SSSR count). The van der Waals surface area contributed by atoms with E-state index >= 15 is 0 Å². The van der Waals surface area contributed by atoms with Gasteiger partial charge in [0.1, 0.15) is 10.4 Å². The van der Waals surface area contributed by atoms with Crippen LogP contribution in [0.3, 0.4) is 0 Å². The SMILES string of the molecule is CC(C)[C@@H](N)C(=O)Nc1cccc(Br)n1. The van der Waals surface area contributed by atoms with Crippen molar-refractivity contribution in [2.75, 3.05) is 5.32 Å². The first kappa shape index (κ1) is 12.1. The van der Waals surface area contributed by atoms with Crippen molar-refractivity contribution in [3.63, 3.8) is 0 Å². The number of rotatable bonds is 3. The summed E-state index contributed by atoms with van der Waals surface area (Å²) >= 11 is 3.22. The zero-order valence-corrected chi connectivity index (χ0v) is 10.3. The summed E-state index contributed by atoms with van der Waals surface area (Å²) in [4.78, 5) is 15.7. The van der Waals surface area contributed by atoms with E-state index in [0.29, 0.717) is 10.4 Å². The van der Waals surface area contributed by atoms with E-state index in [9.17, 15) is 4.79 Å². The molecule has 0 unspecified atom stereocenters. The third kappa shape index (κ3) is 3.60. The molecule has 1 amide bonds. The molecule has 4 nitrogen and oxygen atoms in total. The van der Waals surface area contributed by atoms with Gasteiger partial charge in [0, 0.05) is 0 Å². The third-order valence-electron chi connectivity index (χ3n) is 1.99. The summed E-state index contributed by atoms with van der Waals surface area (Å²) in [6.07, 6.45) is 0. The van der Waals surface area contributed by atoms with E-state index in [1.54, 1.807) is 18.2 Å². The molecule has 5 heteroatoms. The number of aromatic nitrogens is 1. The van der Waals surface area contributed by atoms with Crippen molar-refractivity contribution in [1.29, 1.82) is 0 Å². The lowest BCUT2D eigenvalue weighted by Crippen LogP contribution is -2.39. The van der Waals surface area contributed by atoms with Crippen molar-refractivity contribution in [3.8, 4) is 0 Å². The maximum absolute atomic E-state index is 11.6. The zero-order chi connectivity index (χ0) is 11.4. The smallest absolute Gasteiger partial charge is 0.242 e. The van der Waals surface area contributed by atoms with Crippen LogP contribution in [-0.2, 0) is 4.79 Å². The summed E-state index contributed by atoms with van der Waals surface area (Å²) in [7, 11) is 0. The van der Waals surface area contributed by atoms with Crippen molar-refractivity contribution in [2.24, 2.45) is 11.7 Å². The van der Waals surface area contributed by atoms with Gasteiger partial charge in [-0.2, -0.15) is 0 Å². The van der Waals surface area contributed by atoms with Crippen LogP contribution < -0.4 is 11.1 Å². The summed E-state index contributed by atoms with van der Waals surface area (Å²) in [6.45, 7) is 3.80. The first-order valence-corrected chi connectivity index (χ1v) is 5.49. The van der Waals surface area contributed by atoms with Crippen LogP contribution in [0.1, 0.15) is 13.8 Å². The number of amides is 1. The summed E-state index contributed by atoms with van der Waals surface area (Å²) in [6, 6.07) is 4.80. The lowest BCUT2D eigenvalue weighted by Gasteiger charge is -2.14. The summed E-state index contributed by atoms with van der Waals surface area (Å²) in [5.41, 5.74) is 5.69. The molecule has 1 aromatic heterocycles. The molecule has 82 valence electrons. The lowest BCUT2D eigenvalue weighted by atomic mass is 10.1. The number of carbonyl (C=O) groups excluding carboxylic acids is 1. The van der Waals surface area contributed by atoms with Gasteiger partial charge < -0.3 is 11.1 Å². The van der Waals surface area contributed by atoms with Crippen molar-refractivity contribution >= 4 is 27.7 Å². The quantitative estimate of drug-likeness (QED) is 0.824. The van der Waals surface area contributed by atoms with Crippen LogP contribution in [0.5, 0.6) is 0 Å². The highest BCUT2D eigenvalue weighted by molar-refractivity contribution is 9.10. The van der Waals surface area contributed by atoms with E-state index in [1.165, 1.54) is 0 Å². The molecule has 1 atom stereocenters. The van der Waals surface area contributed by atoms with Gasteiger partial charge in [-0.3, -0.25) is 4.79 Å². The zero-order valence-electron chi connectivity index (χ0n) is 8.70. The Kier molecular flexibility index (Phi) is 4.23. The van der Waals surface area contributed by atoms with Gasteiger partial charge in [-0.05, 0) is 34.0 Å². The molecule has 0 fully saturated rings. The molecule has 0 saturated heterocycles. The Morgan fingerprint density at radius 2 is 2.20 bits per heavy atom. The van der Waals surface area contributed by atoms with Gasteiger partial charge in [0.05, 0.1) is 6.04 Å². The first-order valence-electron chi connectivity index (χ1n) is 4.69. The van der Waals surface area contributed by atoms with Crippen LogP contribution in [0.15, 0.2) is 22.8 Å². The second-order valence-electron chi connectivity index (χ2n) is 3.60. The minimum Gasteiger partial charge on any atom is -0.320 e. The van der Waals surface area contributed by atoms with E-state index in [1.807, 2.05) is 13.8 Å². The second-order valence-corrected chi connectivity index (χ2v) is 4.42. The number of halogens is 1. The van der Waals surface area contributed by atoms with Gasteiger partial charge in [0.15, 0.2) is 0 Å². The highest BCUT2D eigenvalue weighted by Gasteiger charge is 2.17. The average molecular weight is 272 g/mol. The second kappa shape index (κ2) is 5.23. The standard InChI is InChI=1S/C10H14BrN3O/c1-6(2)9(12)10(15)14-8-5-3-4-7(11)13-8/h3-6,9H,12H2,1-2H3,(H,13,14,15)/t9-/m1/s1. The molecule has 0 aliphatic carbocycles. The molecule has 1 aromatic rings. The van der Waals surface area contributed by atoms with Gasteiger partial charge in [0.2, 0.25) is 5.91 Å². The number of hydrogen-bond acceptors (Lipinski definition) is 3. The summed E-state index contributed by atoms with van der Waals surface area (Å²) in [5, 5.41) is 2.66. The number of nitrogens with one attached hydrogen (secondary N) is 1. The number of nitrogens with two attached hydrogens (primary N) is 1. The Bertz CT molecular complexity index is 354. The minimum atomic E-state index is -0.509. The van der Waals surface area contributed by atoms with Crippen molar-refractivity contribution < 1.29 is 4.79 Å². The van der Waals surface area contributed by atoms with E-state index in [4.69, 9.17) is 5.73 Å². The van der Waals surface area contributed by atoms with Crippen LogP contribution in [0.25, 0.3) is 0 Å². The van der Waals surface area contributed by atoms with E-state index in [2.05, 4.69) is 26.2 Å². The van der Waals surface area contributed by atoms with Crippen LogP contribution in [0, 0.1) is 5.92 Å². The molecule has 0 aliphatic rings. The Morgan fingerprint density at radius 1 is 1.53 bits per heavy atom. The molecule has 15 heavy (non-hydrogen) atoms. The predicted molar refractivity (Wildman–Crippen MR) is 63.4 cm³/mol. The van der Waals surface area contributed by atoms with Gasteiger partial charge in [-0.1, -0.05) is 19.9 Å². The van der Waals surface area contributed by atoms with Gasteiger partial charge in [-0.15, -0.1) is 0 Å². The van der Waals surface area contributed by atoms with Crippen molar-refractivity contribution in [2.45, 2.75) is 19.9 Å². The molecule has 1 heterocycles. The largest absolute Gasteiger partial charge is 0.320 e. The average Bonchev–Trinajstić information content (AvgIpc) is 2.16. The van der Waals surface area contributed by atoms with Gasteiger partial charge >= 0.3 is 0 Å². The molecule has 0 aromatic carbocycles. The molecule has 3 N–H and O–H groups in total. The van der Waals surface area contributed by atoms with E-state index in [-0.39, 0.29) is 11.8 Å². The fraction of sp³-hybridized carbons (Fsp3) is 0.400. The normalized spacial score (nSPS) is 12.6. The van der Waals surface area contributed by atoms with Crippen LogP contribution in [0.4, 0.5) is 5.82 Å². The Morgan fingerprint density at radius 3 is 2.73 bits per heavy atom. The van der Waals surface area contributed by atoms with E-state index < -0.39 is 6.04 Å². The monoisotopic (exact) mass is 271 g/mol. The fourth-order valence-electron chi connectivity index (χ4n) is 0.990. The predicted octanol–water partition coefficient (Wildman–Crippen LogP) is 1.77. The number of carbonyl (C=O) groups is 1. The molecule has 0 aliphatic heterocycles. The topological polar surface area (TPSA) is 68.0 Å². The Hall–Kier alpha value is -0.940. The Labute approximate surface area is 97.4 Å². The molecular formula is C10H14BrN3O. The van der Waals surface area contributed by atoms with Gasteiger partial charge in [0.25, 0.3) is 0 Å². The lowest BCUT2D eigenvalue weighted by molar-refractivity contribution is -0.118.